The molecular weight excluding hydrogens is 406 g/mol. The summed E-state index contributed by atoms with van der Waals surface area (Å²) < 4.78 is 11.9. The molecule has 2 aliphatic heterocycles. The van der Waals surface area contributed by atoms with Crippen molar-refractivity contribution in [3.05, 3.63) is 84.0 Å². The quantitative estimate of drug-likeness (QED) is 0.421. The molecule has 6 nitrogen and oxygen atoms in total. The molecule has 1 amide bonds. The van der Waals surface area contributed by atoms with Gasteiger partial charge in [0.25, 0.3) is 5.78 Å². The summed E-state index contributed by atoms with van der Waals surface area (Å²) in [5.74, 6) is -2.26. The summed E-state index contributed by atoms with van der Waals surface area (Å²) in [6.45, 7) is 1.85. The van der Waals surface area contributed by atoms with Gasteiger partial charge in [-0.25, -0.2) is 4.79 Å². The van der Waals surface area contributed by atoms with Crippen LogP contribution in [0.1, 0.15) is 25.3 Å². The molecule has 0 saturated carbocycles. The maximum atomic E-state index is 13.8. The highest BCUT2D eigenvalue weighted by molar-refractivity contribution is 6.54. The van der Waals surface area contributed by atoms with E-state index in [4.69, 9.17) is 9.47 Å². The Labute approximate surface area is 186 Å². The molecule has 0 bridgehead atoms. The summed E-state index contributed by atoms with van der Waals surface area (Å²) in [5.41, 5.74) is -0.390. The van der Waals surface area contributed by atoms with E-state index in [1.165, 1.54) is 4.90 Å². The predicted molar refractivity (Wildman–Crippen MR) is 118 cm³/mol. The number of rotatable bonds is 4. The second-order valence-corrected chi connectivity index (χ2v) is 8.06. The molecule has 1 fully saturated rings. The van der Waals surface area contributed by atoms with Gasteiger partial charge < -0.3 is 9.47 Å². The van der Waals surface area contributed by atoms with Crippen molar-refractivity contribution in [2.75, 3.05) is 11.5 Å². The van der Waals surface area contributed by atoms with Crippen LogP contribution in [-0.2, 0) is 23.9 Å². The third-order valence-corrected chi connectivity index (χ3v) is 6.38. The molecule has 2 unspecified atom stereocenters. The van der Waals surface area contributed by atoms with Crippen LogP contribution < -0.4 is 4.90 Å². The average molecular weight is 429 g/mol. The lowest BCUT2D eigenvalue weighted by Crippen LogP contribution is -2.63. The third kappa shape index (κ3) is 2.75. The summed E-state index contributed by atoms with van der Waals surface area (Å²) in [5, 5.41) is 0. The SMILES string of the molecule is CCOC(=O)[C@]12C(=C(c3ccccc3)OC3C=CCCC31)C(=O)C(=O)N2c1ccccc1. The first-order valence-corrected chi connectivity index (χ1v) is 10.8. The van der Waals surface area contributed by atoms with Gasteiger partial charge in [0.2, 0.25) is 0 Å². The van der Waals surface area contributed by atoms with Crippen LogP contribution >= 0.6 is 0 Å². The predicted octanol–water partition coefficient (Wildman–Crippen LogP) is 3.68. The van der Waals surface area contributed by atoms with Gasteiger partial charge in [-0.2, -0.15) is 0 Å². The van der Waals surface area contributed by atoms with Crippen LogP contribution in [0.5, 0.6) is 0 Å². The first kappa shape index (κ1) is 20.2. The Morgan fingerprint density at radius 1 is 1.09 bits per heavy atom. The fourth-order valence-corrected chi connectivity index (χ4v) is 5.13. The zero-order valence-electron chi connectivity index (χ0n) is 17.7. The van der Waals surface area contributed by atoms with E-state index in [0.29, 0.717) is 24.1 Å². The van der Waals surface area contributed by atoms with E-state index >= 15 is 0 Å². The molecule has 0 aromatic heterocycles. The lowest BCUT2D eigenvalue weighted by atomic mass is 9.68. The van der Waals surface area contributed by atoms with E-state index in [1.807, 2.05) is 48.6 Å². The minimum absolute atomic E-state index is 0.0764. The molecular formula is C26H23NO5. The molecule has 2 aromatic carbocycles. The van der Waals surface area contributed by atoms with Crippen LogP contribution in [0.4, 0.5) is 5.69 Å². The van der Waals surface area contributed by atoms with Crippen molar-refractivity contribution >= 4 is 29.1 Å². The van der Waals surface area contributed by atoms with Crippen molar-refractivity contribution in [3.8, 4) is 0 Å². The molecule has 0 radical (unpaired) electrons. The minimum Gasteiger partial charge on any atom is -0.485 e. The number of benzene rings is 2. The maximum Gasteiger partial charge on any atom is 0.337 e. The lowest BCUT2D eigenvalue weighted by Gasteiger charge is -2.48. The number of Topliss-reactive ketones (excluding diaryl/α,β-unsaturated/α-hetero) is 1. The molecule has 1 saturated heterocycles. The Hall–Kier alpha value is -3.67. The number of hydrogen-bond acceptors (Lipinski definition) is 5. The number of allylic oxidation sites excluding steroid dienone is 1. The molecule has 3 atom stereocenters. The van der Waals surface area contributed by atoms with Crippen molar-refractivity contribution in [2.45, 2.75) is 31.4 Å². The van der Waals surface area contributed by atoms with Crippen LogP contribution in [-0.4, -0.2) is 35.9 Å². The van der Waals surface area contributed by atoms with Gasteiger partial charge in [0.1, 0.15) is 11.9 Å². The second-order valence-electron chi connectivity index (χ2n) is 8.06. The summed E-state index contributed by atoms with van der Waals surface area (Å²) in [6.07, 6.45) is 4.75. The molecule has 2 aromatic rings. The number of ether oxygens (including phenoxy) is 2. The molecule has 32 heavy (non-hydrogen) atoms. The maximum absolute atomic E-state index is 13.8. The van der Waals surface area contributed by atoms with E-state index in [9.17, 15) is 14.4 Å². The second kappa shape index (κ2) is 7.79. The first-order chi connectivity index (χ1) is 15.6. The minimum atomic E-state index is -1.59. The number of anilines is 1. The fourth-order valence-electron chi connectivity index (χ4n) is 5.13. The first-order valence-electron chi connectivity index (χ1n) is 10.8. The number of para-hydroxylation sites is 1. The zero-order valence-corrected chi connectivity index (χ0v) is 17.7. The van der Waals surface area contributed by atoms with Crippen molar-refractivity contribution in [2.24, 2.45) is 5.92 Å². The molecule has 2 heterocycles. The molecule has 3 aliphatic rings. The van der Waals surface area contributed by atoms with Crippen LogP contribution in [0, 0.1) is 5.92 Å². The van der Waals surface area contributed by atoms with Crippen molar-refractivity contribution in [1.29, 1.82) is 0 Å². The van der Waals surface area contributed by atoms with Crippen molar-refractivity contribution < 1.29 is 23.9 Å². The Bertz CT molecular complexity index is 1140. The number of amides is 1. The Kier molecular flexibility index (Phi) is 4.93. The van der Waals surface area contributed by atoms with E-state index in [1.54, 1.807) is 31.2 Å². The Morgan fingerprint density at radius 2 is 1.78 bits per heavy atom. The summed E-state index contributed by atoms with van der Waals surface area (Å²) in [7, 11) is 0. The average Bonchev–Trinajstić information content (AvgIpc) is 3.08. The van der Waals surface area contributed by atoms with Gasteiger partial charge >= 0.3 is 11.9 Å². The van der Waals surface area contributed by atoms with E-state index < -0.39 is 35.2 Å². The highest BCUT2D eigenvalue weighted by atomic mass is 16.5. The van der Waals surface area contributed by atoms with E-state index in [-0.39, 0.29) is 17.9 Å². The molecule has 0 N–H and O–H groups in total. The molecule has 5 rings (SSSR count). The zero-order chi connectivity index (χ0) is 22.3. The van der Waals surface area contributed by atoms with Gasteiger partial charge in [-0.3, -0.25) is 14.5 Å². The highest BCUT2D eigenvalue weighted by Crippen LogP contribution is 2.53. The van der Waals surface area contributed by atoms with E-state index in [2.05, 4.69) is 0 Å². The molecule has 162 valence electrons. The number of esters is 1. The topological polar surface area (TPSA) is 72.9 Å². The van der Waals surface area contributed by atoms with Crippen LogP contribution in [0.25, 0.3) is 5.76 Å². The van der Waals surface area contributed by atoms with E-state index in [0.717, 1.165) is 0 Å². The molecule has 6 heteroatoms. The summed E-state index contributed by atoms with van der Waals surface area (Å²) >= 11 is 0. The van der Waals surface area contributed by atoms with Crippen LogP contribution in [0.2, 0.25) is 0 Å². The summed E-state index contributed by atoms with van der Waals surface area (Å²) in [4.78, 5) is 42.2. The van der Waals surface area contributed by atoms with Gasteiger partial charge in [0, 0.05) is 17.2 Å². The van der Waals surface area contributed by atoms with Gasteiger partial charge in [-0.05, 0) is 38.0 Å². The van der Waals surface area contributed by atoms with Crippen LogP contribution in [0.3, 0.4) is 0 Å². The van der Waals surface area contributed by atoms with Crippen LogP contribution in [0.15, 0.2) is 78.4 Å². The Balaban J connectivity index is 1.87. The number of carbonyl (C=O) groups is 3. The Morgan fingerprint density at radius 3 is 2.47 bits per heavy atom. The standard InChI is InChI=1S/C26H23NO5/c1-2-31-25(30)26-19-15-9-10-16-20(19)32-23(17-11-5-3-6-12-17)21(26)22(28)24(29)27(26)18-13-7-4-8-14-18/h3-8,10-14,16,19-20H,2,9,15H2,1H3/t19?,20?,26-/m1/s1. The molecule has 1 aliphatic carbocycles. The van der Waals surface area contributed by atoms with Crippen molar-refractivity contribution in [1.82, 2.24) is 0 Å². The number of nitrogens with zero attached hydrogens (tertiary/aromatic N) is 1. The highest BCUT2D eigenvalue weighted by Gasteiger charge is 2.69. The number of fused-ring (bicyclic) bond motifs is 3. The number of carbonyl (C=O) groups excluding carboxylic acids is 3. The fraction of sp³-hybridized carbons (Fsp3) is 0.269. The van der Waals surface area contributed by atoms with Gasteiger partial charge in [0.15, 0.2) is 5.54 Å². The summed E-state index contributed by atoms with van der Waals surface area (Å²) in [6, 6.07) is 18.0. The molecule has 0 spiro atoms. The van der Waals surface area contributed by atoms with Crippen molar-refractivity contribution in [3.63, 3.8) is 0 Å². The third-order valence-electron chi connectivity index (χ3n) is 6.38. The smallest absolute Gasteiger partial charge is 0.337 e. The number of hydrogen-bond donors (Lipinski definition) is 0. The van der Waals surface area contributed by atoms with Gasteiger partial charge in [-0.1, -0.05) is 54.6 Å². The normalized spacial score (nSPS) is 26.5. The monoisotopic (exact) mass is 429 g/mol. The lowest BCUT2D eigenvalue weighted by molar-refractivity contribution is -0.153. The number of ketones is 1. The van der Waals surface area contributed by atoms with Gasteiger partial charge in [-0.15, -0.1) is 0 Å². The van der Waals surface area contributed by atoms with Gasteiger partial charge in [0.05, 0.1) is 12.2 Å². The largest absolute Gasteiger partial charge is 0.485 e.